The summed E-state index contributed by atoms with van der Waals surface area (Å²) in [5.41, 5.74) is 0.918. The maximum atomic E-state index is 5.89. The lowest BCUT2D eigenvalue weighted by Crippen LogP contribution is -1.89. The van der Waals surface area contributed by atoms with Gasteiger partial charge in [-0.2, -0.15) is 5.10 Å². The third kappa shape index (κ3) is 1.04. The second-order valence-corrected chi connectivity index (χ2v) is 3.35. The van der Waals surface area contributed by atoms with Gasteiger partial charge in [0.2, 0.25) is 0 Å². The van der Waals surface area contributed by atoms with Gasteiger partial charge in [0.05, 0.1) is 10.5 Å². The molecule has 0 aromatic carbocycles. The summed E-state index contributed by atoms with van der Waals surface area (Å²) in [6, 6.07) is 5.59. The summed E-state index contributed by atoms with van der Waals surface area (Å²) in [5, 5.41) is 4.80. The molecule has 2 nitrogen and oxygen atoms in total. The topological polar surface area (TPSA) is 17.3 Å². The molecular formula is C7H4BrClN2. The van der Waals surface area contributed by atoms with E-state index in [4.69, 9.17) is 11.6 Å². The van der Waals surface area contributed by atoms with Crippen molar-refractivity contribution in [2.45, 2.75) is 0 Å². The van der Waals surface area contributed by atoms with E-state index in [1.165, 1.54) is 0 Å². The minimum absolute atomic E-state index is 0.714. The maximum absolute atomic E-state index is 5.89. The van der Waals surface area contributed by atoms with E-state index in [-0.39, 0.29) is 0 Å². The highest BCUT2D eigenvalue weighted by molar-refractivity contribution is 9.10. The monoisotopic (exact) mass is 230 g/mol. The van der Waals surface area contributed by atoms with Gasteiger partial charge in [-0.1, -0.05) is 11.6 Å². The van der Waals surface area contributed by atoms with Crippen LogP contribution in [-0.4, -0.2) is 9.61 Å². The molecule has 0 amide bonds. The van der Waals surface area contributed by atoms with Gasteiger partial charge in [-0.25, -0.2) is 4.52 Å². The average Bonchev–Trinajstić information content (AvgIpc) is 2.35. The van der Waals surface area contributed by atoms with E-state index in [1.807, 2.05) is 12.1 Å². The van der Waals surface area contributed by atoms with Gasteiger partial charge in [-0.3, -0.25) is 0 Å². The molecular weight excluding hydrogens is 227 g/mol. The van der Waals surface area contributed by atoms with Crippen LogP contribution in [-0.2, 0) is 0 Å². The SMILES string of the molecule is Clc1ccnn2c(Br)ccc12. The molecule has 0 saturated carbocycles. The highest BCUT2D eigenvalue weighted by atomic mass is 79.9. The quantitative estimate of drug-likeness (QED) is 0.681. The van der Waals surface area contributed by atoms with Crippen LogP contribution in [0.5, 0.6) is 0 Å². The minimum Gasteiger partial charge on any atom is -0.225 e. The molecule has 0 spiro atoms. The van der Waals surface area contributed by atoms with Crippen LogP contribution in [0.1, 0.15) is 0 Å². The van der Waals surface area contributed by atoms with Crippen LogP contribution in [0.2, 0.25) is 5.02 Å². The first-order valence-electron chi connectivity index (χ1n) is 3.07. The fraction of sp³-hybridized carbons (Fsp3) is 0. The van der Waals surface area contributed by atoms with Gasteiger partial charge < -0.3 is 0 Å². The Morgan fingerprint density at radius 2 is 2.18 bits per heavy atom. The molecule has 2 heterocycles. The predicted molar refractivity (Wildman–Crippen MR) is 47.9 cm³/mol. The number of rotatable bonds is 0. The molecule has 0 aliphatic carbocycles. The first-order valence-corrected chi connectivity index (χ1v) is 4.24. The zero-order valence-electron chi connectivity index (χ0n) is 5.46. The van der Waals surface area contributed by atoms with Gasteiger partial charge in [0.25, 0.3) is 0 Å². The standard InChI is InChI=1S/C7H4BrClN2/c8-7-2-1-6-5(9)3-4-10-11(6)7/h1-4H. The minimum atomic E-state index is 0.714. The van der Waals surface area contributed by atoms with E-state index in [1.54, 1.807) is 16.8 Å². The Kier molecular flexibility index (Phi) is 1.62. The van der Waals surface area contributed by atoms with Gasteiger partial charge in [0.1, 0.15) is 4.60 Å². The van der Waals surface area contributed by atoms with Crippen LogP contribution in [0.25, 0.3) is 5.52 Å². The van der Waals surface area contributed by atoms with Gasteiger partial charge in [0.15, 0.2) is 0 Å². The predicted octanol–water partition coefficient (Wildman–Crippen LogP) is 2.75. The summed E-state index contributed by atoms with van der Waals surface area (Å²) < 4.78 is 2.65. The summed E-state index contributed by atoms with van der Waals surface area (Å²) in [6.45, 7) is 0. The van der Waals surface area contributed by atoms with Crippen LogP contribution in [0.4, 0.5) is 0 Å². The van der Waals surface area contributed by atoms with Crippen LogP contribution < -0.4 is 0 Å². The average molecular weight is 231 g/mol. The van der Waals surface area contributed by atoms with Crippen molar-refractivity contribution in [3.8, 4) is 0 Å². The largest absolute Gasteiger partial charge is 0.225 e. The van der Waals surface area contributed by atoms with E-state index >= 15 is 0 Å². The zero-order valence-corrected chi connectivity index (χ0v) is 7.80. The third-order valence-electron chi connectivity index (χ3n) is 1.46. The zero-order chi connectivity index (χ0) is 7.84. The number of hydrogen-bond donors (Lipinski definition) is 0. The van der Waals surface area contributed by atoms with Crippen molar-refractivity contribution in [2.24, 2.45) is 0 Å². The van der Waals surface area contributed by atoms with Crippen molar-refractivity contribution in [2.75, 3.05) is 0 Å². The Morgan fingerprint density at radius 3 is 2.91 bits per heavy atom. The van der Waals surface area contributed by atoms with Gasteiger partial charge in [0, 0.05) is 6.20 Å². The molecule has 56 valence electrons. The van der Waals surface area contributed by atoms with Crippen molar-refractivity contribution >= 4 is 33.0 Å². The lowest BCUT2D eigenvalue weighted by atomic mass is 10.4. The second-order valence-electron chi connectivity index (χ2n) is 2.13. The van der Waals surface area contributed by atoms with E-state index in [2.05, 4.69) is 21.0 Å². The molecule has 0 unspecified atom stereocenters. The summed E-state index contributed by atoms with van der Waals surface area (Å²) in [5.74, 6) is 0. The molecule has 2 rings (SSSR count). The van der Waals surface area contributed by atoms with Crippen LogP contribution in [0.15, 0.2) is 29.0 Å². The summed E-state index contributed by atoms with van der Waals surface area (Å²) in [6.07, 6.45) is 1.67. The third-order valence-corrected chi connectivity index (χ3v) is 2.38. The molecule has 0 saturated heterocycles. The number of nitrogens with zero attached hydrogens (tertiary/aromatic N) is 2. The number of hydrogen-bond acceptors (Lipinski definition) is 1. The first-order chi connectivity index (χ1) is 5.29. The molecule has 4 heteroatoms. The summed E-state index contributed by atoms with van der Waals surface area (Å²) >= 11 is 9.23. The lowest BCUT2D eigenvalue weighted by molar-refractivity contribution is 0.920. The van der Waals surface area contributed by atoms with Crippen molar-refractivity contribution in [1.82, 2.24) is 9.61 Å². The van der Waals surface area contributed by atoms with Gasteiger partial charge in [-0.15, -0.1) is 0 Å². The van der Waals surface area contributed by atoms with Crippen molar-refractivity contribution in [3.05, 3.63) is 34.0 Å². The maximum Gasteiger partial charge on any atom is 0.108 e. The van der Waals surface area contributed by atoms with Crippen LogP contribution >= 0.6 is 27.5 Å². The Labute approximate surface area is 76.9 Å². The molecule has 0 fully saturated rings. The lowest BCUT2D eigenvalue weighted by Gasteiger charge is -1.95. The fourth-order valence-corrected chi connectivity index (χ4v) is 1.57. The van der Waals surface area contributed by atoms with E-state index in [0.717, 1.165) is 10.1 Å². The Bertz CT molecular complexity index is 396. The second kappa shape index (κ2) is 2.50. The number of fused-ring (bicyclic) bond motifs is 1. The normalized spacial score (nSPS) is 10.7. The summed E-state index contributed by atoms with van der Waals surface area (Å²) in [7, 11) is 0. The fourth-order valence-electron chi connectivity index (χ4n) is 0.953. The van der Waals surface area contributed by atoms with E-state index in [9.17, 15) is 0 Å². The van der Waals surface area contributed by atoms with Crippen molar-refractivity contribution in [3.63, 3.8) is 0 Å². The Morgan fingerprint density at radius 1 is 1.36 bits per heavy atom. The molecule has 2 aromatic heterocycles. The van der Waals surface area contributed by atoms with E-state index < -0.39 is 0 Å². The number of aromatic nitrogens is 2. The molecule has 0 atom stereocenters. The van der Waals surface area contributed by atoms with Crippen LogP contribution in [0.3, 0.4) is 0 Å². The molecule has 0 radical (unpaired) electrons. The molecule has 11 heavy (non-hydrogen) atoms. The molecule has 2 aromatic rings. The van der Waals surface area contributed by atoms with Crippen molar-refractivity contribution in [1.29, 1.82) is 0 Å². The molecule has 0 N–H and O–H groups in total. The Balaban J connectivity index is 2.94. The van der Waals surface area contributed by atoms with Crippen LogP contribution in [0, 0.1) is 0 Å². The summed E-state index contributed by atoms with van der Waals surface area (Å²) in [4.78, 5) is 0. The number of halogens is 2. The first kappa shape index (κ1) is 7.13. The molecule has 0 aliphatic rings. The highest BCUT2D eigenvalue weighted by Gasteiger charge is 2.01. The molecule has 0 aliphatic heterocycles. The van der Waals surface area contributed by atoms with Crippen molar-refractivity contribution < 1.29 is 0 Å². The van der Waals surface area contributed by atoms with E-state index in [0.29, 0.717) is 5.02 Å². The highest BCUT2D eigenvalue weighted by Crippen LogP contribution is 2.20. The molecule has 0 bridgehead atoms. The van der Waals surface area contributed by atoms with Gasteiger partial charge >= 0.3 is 0 Å². The Hall–Kier alpha value is -0.540. The van der Waals surface area contributed by atoms with Gasteiger partial charge in [-0.05, 0) is 34.1 Å². The smallest absolute Gasteiger partial charge is 0.108 e.